The van der Waals surface area contributed by atoms with Gasteiger partial charge in [-0.25, -0.2) is 0 Å². The molecular weight excluding hydrogens is 354 g/mol. The first-order chi connectivity index (χ1) is 12.0. The monoisotopic (exact) mass is 373 g/mol. The lowest BCUT2D eigenvalue weighted by Crippen LogP contribution is -2.27. The number of carbonyl (C=O) groups excluding carboxylic acids is 1. The highest BCUT2D eigenvalue weighted by Crippen LogP contribution is 2.22. The number of aromatic nitrogens is 3. The summed E-state index contributed by atoms with van der Waals surface area (Å²) in [5.74, 6) is 0.581. The van der Waals surface area contributed by atoms with Gasteiger partial charge < -0.3 is 10.2 Å². The molecule has 0 unspecified atom stereocenters. The van der Waals surface area contributed by atoms with Crippen molar-refractivity contribution in [3.63, 3.8) is 0 Å². The smallest absolute Gasteiger partial charge is 0.240 e. The Bertz CT molecular complexity index is 894. The number of thiophene rings is 1. The van der Waals surface area contributed by atoms with Gasteiger partial charge in [0.1, 0.15) is 6.54 Å². The Balaban J connectivity index is 1.64. The summed E-state index contributed by atoms with van der Waals surface area (Å²) >= 11 is 6.81. The molecule has 2 N–H and O–H groups in total. The Kier molecular flexibility index (Phi) is 5.30. The number of hydrogen-bond donors (Lipinski definition) is 2. The minimum absolute atomic E-state index is 0.105. The van der Waals surface area contributed by atoms with Crippen LogP contribution >= 0.6 is 23.6 Å². The van der Waals surface area contributed by atoms with E-state index in [1.54, 1.807) is 15.9 Å². The van der Waals surface area contributed by atoms with E-state index in [-0.39, 0.29) is 12.5 Å². The van der Waals surface area contributed by atoms with Crippen molar-refractivity contribution in [1.29, 1.82) is 0 Å². The lowest BCUT2D eigenvalue weighted by molar-refractivity contribution is -0.121. The molecule has 130 valence electrons. The molecule has 0 aliphatic rings. The Labute approximate surface area is 155 Å². The van der Waals surface area contributed by atoms with Crippen LogP contribution in [0.4, 0.5) is 5.69 Å². The average molecular weight is 374 g/mol. The summed E-state index contributed by atoms with van der Waals surface area (Å²) in [6.07, 6.45) is 0. The van der Waals surface area contributed by atoms with E-state index in [1.807, 2.05) is 60.8 Å². The van der Waals surface area contributed by atoms with Crippen LogP contribution in [0.5, 0.6) is 0 Å². The van der Waals surface area contributed by atoms with E-state index in [0.29, 0.717) is 17.1 Å². The standard InChI is InChI=1S/C17H19N5OS2/c1-21(2)13-7-5-12(6-8-13)10-18-15(23)11-22-16(19-20-17(22)24)14-4-3-9-25-14/h3-9H,10-11H2,1-2H3,(H,18,23)(H,20,24). The fourth-order valence-electron chi connectivity index (χ4n) is 2.37. The molecule has 1 aromatic carbocycles. The number of aromatic amines is 1. The zero-order valence-electron chi connectivity index (χ0n) is 14.0. The van der Waals surface area contributed by atoms with Crippen molar-refractivity contribution in [3.8, 4) is 10.7 Å². The molecule has 3 rings (SSSR count). The second kappa shape index (κ2) is 7.62. The first-order valence-corrected chi connectivity index (χ1v) is 9.05. The molecule has 6 nitrogen and oxygen atoms in total. The second-order valence-corrected chi connectivity index (χ2v) is 7.09. The summed E-state index contributed by atoms with van der Waals surface area (Å²) in [6, 6.07) is 12.0. The first-order valence-electron chi connectivity index (χ1n) is 7.76. The van der Waals surface area contributed by atoms with Gasteiger partial charge in [-0.15, -0.1) is 11.3 Å². The van der Waals surface area contributed by atoms with Gasteiger partial charge in [-0.2, -0.15) is 5.10 Å². The molecule has 0 aliphatic carbocycles. The third-order valence-electron chi connectivity index (χ3n) is 3.74. The van der Waals surface area contributed by atoms with Crippen molar-refractivity contribution in [2.24, 2.45) is 0 Å². The molecule has 2 heterocycles. The van der Waals surface area contributed by atoms with Gasteiger partial charge in [0, 0.05) is 26.3 Å². The molecule has 0 aliphatic heterocycles. The lowest BCUT2D eigenvalue weighted by atomic mass is 10.2. The van der Waals surface area contributed by atoms with Crippen LogP contribution in [0.1, 0.15) is 5.56 Å². The Morgan fingerprint density at radius 3 is 2.72 bits per heavy atom. The minimum atomic E-state index is -0.105. The second-order valence-electron chi connectivity index (χ2n) is 5.75. The predicted octanol–water partition coefficient (Wildman–Crippen LogP) is 3.05. The maximum atomic E-state index is 12.3. The molecule has 8 heteroatoms. The van der Waals surface area contributed by atoms with E-state index in [1.165, 1.54) is 0 Å². The largest absolute Gasteiger partial charge is 0.378 e. The SMILES string of the molecule is CN(C)c1ccc(CNC(=O)Cn2c(-c3cccs3)n[nH]c2=S)cc1. The summed E-state index contributed by atoms with van der Waals surface area (Å²) in [5, 5.41) is 11.9. The molecule has 3 aromatic rings. The zero-order chi connectivity index (χ0) is 17.8. The topological polar surface area (TPSA) is 66.0 Å². The Morgan fingerprint density at radius 2 is 2.08 bits per heavy atom. The average Bonchev–Trinajstić information content (AvgIpc) is 3.24. The molecule has 1 amide bonds. The van der Waals surface area contributed by atoms with E-state index in [4.69, 9.17) is 12.2 Å². The summed E-state index contributed by atoms with van der Waals surface area (Å²) in [7, 11) is 3.99. The van der Waals surface area contributed by atoms with Gasteiger partial charge in [0.25, 0.3) is 0 Å². The molecule has 0 atom stereocenters. The van der Waals surface area contributed by atoms with Gasteiger partial charge in [-0.1, -0.05) is 18.2 Å². The maximum Gasteiger partial charge on any atom is 0.240 e. The van der Waals surface area contributed by atoms with Crippen molar-refractivity contribution < 1.29 is 4.79 Å². The fraction of sp³-hybridized carbons (Fsp3) is 0.235. The van der Waals surface area contributed by atoms with Crippen molar-refractivity contribution >= 4 is 35.1 Å². The summed E-state index contributed by atoms with van der Waals surface area (Å²) < 4.78 is 2.15. The molecule has 0 fully saturated rings. The van der Waals surface area contributed by atoms with Gasteiger partial charge in [0.15, 0.2) is 10.6 Å². The summed E-state index contributed by atoms with van der Waals surface area (Å²) in [5.41, 5.74) is 2.17. The number of benzene rings is 1. The zero-order valence-corrected chi connectivity index (χ0v) is 15.7. The number of carbonyl (C=O) groups is 1. The molecule has 0 spiro atoms. The van der Waals surface area contributed by atoms with Crippen molar-refractivity contribution in [3.05, 3.63) is 52.1 Å². The molecule has 0 bridgehead atoms. The molecule has 2 aromatic heterocycles. The van der Waals surface area contributed by atoms with E-state index in [0.717, 1.165) is 16.1 Å². The number of anilines is 1. The summed E-state index contributed by atoms with van der Waals surface area (Å²) in [4.78, 5) is 15.3. The number of H-pyrrole nitrogens is 1. The Hall–Kier alpha value is -2.45. The fourth-order valence-corrected chi connectivity index (χ4v) is 3.29. The normalized spacial score (nSPS) is 10.6. The molecule has 0 saturated carbocycles. The van der Waals surface area contributed by atoms with Crippen LogP contribution in [0, 0.1) is 4.77 Å². The van der Waals surface area contributed by atoms with Gasteiger partial charge in [-0.05, 0) is 41.4 Å². The predicted molar refractivity (Wildman–Crippen MR) is 103 cm³/mol. The number of hydrogen-bond acceptors (Lipinski definition) is 5. The maximum absolute atomic E-state index is 12.3. The number of nitrogens with zero attached hydrogens (tertiary/aromatic N) is 3. The van der Waals surface area contributed by atoms with Crippen LogP contribution in [0.2, 0.25) is 0 Å². The quantitative estimate of drug-likeness (QED) is 0.652. The highest BCUT2D eigenvalue weighted by atomic mass is 32.1. The molecule has 0 saturated heterocycles. The van der Waals surface area contributed by atoms with Crippen LogP contribution in [0.3, 0.4) is 0 Å². The van der Waals surface area contributed by atoms with Crippen molar-refractivity contribution in [2.45, 2.75) is 13.1 Å². The van der Waals surface area contributed by atoms with Crippen LogP contribution in [0.25, 0.3) is 10.7 Å². The minimum Gasteiger partial charge on any atom is -0.378 e. The van der Waals surface area contributed by atoms with Gasteiger partial charge >= 0.3 is 0 Å². The van der Waals surface area contributed by atoms with Crippen molar-refractivity contribution in [2.75, 3.05) is 19.0 Å². The number of amides is 1. The van der Waals surface area contributed by atoms with E-state index in [2.05, 4.69) is 15.5 Å². The van der Waals surface area contributed by atoms with Crippen LogP contribution in [-0.4, -0.2) is 34.8 Å². The third-order valence-corrected chi connectivity index (χ3v) is 4.92. The number of rotatable bonds is 6. The van der Waals surface area contributed by atoms with Crippen LogP contribution < -0.4 is 10.2 Å². The third kappa shape index (κ3) is 4.15. The lowest BCUT2D eigenvalue weighted by Gasteiger charge is -2.13. The van der Waals surface area contributed by atoms with E-state index in [9.17, 15) is 4.79 Å². The van der Waals surface area contributed by atoms with Crippen LogP contribution in [0.15, 0.2) is 41.8 Å². The molecule has 25 heavy (non-hydrogen) atoms. The molecule has 0 radical (unpaired) electrons. The van der Waals surface area contributed by atoms with Crippen LogP contribution in [-0.2, 0) is 17.9 Å². The van der Waals surface area contributed by atoms with E-state index >= 15 is 0 Å². The van der Waals surface area contributed by atoms with Gasteiger partial charge in [-0.3, -0.25) is 14.5 Å². The van der Waals surface area contributed by atoms with Gasteiger partial charge in [0.2, 0.25) is 5.91 Å². The van der Waals surface area contributed by atoms with Gasteiger partial charge in [0.05, 0.1) is 4.88 Å². The first kappa shape index (κ1) is 17.4. The summed E-state index contributed by atoms with van der Waals surface area (Å²) in [6.45, 7) is 0.615. The van der Waals surface area contributed by atoms with E-state index < -0.39 is 0 Å². The van der Waals surface area contributed by atoms with Crippen molar-refractivity contribution in [1.82, 2.24) is 20.1 Å². The Morgan fingerprint density at radius 1 is 1.32 bits per heavy atom. The highest BCUT2D eigenvalue weighted by molar-refractivity contribution is 7.71. The highest BCUT2D eigenvalue weighted by Gasteiger charge is 2.13. The number of nitrogens with one attached hydrogen (secondary N) is 2. The molecular formula is C17H19N5OS2.